The van der Waals surface area contributed by atoms with Gasteiger partial charge in [0, 0.05) is 25.0 Å². The second-order valence-corrected chi connectivity index (χ2v) is 4.31. The molecule has 1 heterocycles. The van der Waals surface area contributed by atoms with E-state index in [4.69, 9.17) is 14.6 Å². The molecule has 0 aliphatic carbocycles. The molecule has 0 aliphatic heterocycles. The number of hydrogen-bond donors (Lipinski definition) is 3. The largest absolute Gasteiger partial charge is 0.475 e. The summed E-state index contributed by atoms with van der Waals surface area (Å²) in [6.07, 6.45) is 0.800. The van der Waals surface area contributed by atoms with Crippen LogP contribution in [0.4, 0.5) is 5.88 Å². The van der Waals surface area contributed by atoms with Crippen LogP contribution in [-0.2, 0) is 0 Å². The minimum atomic E-state index is -1.06. The normalized spacial score (nSPS) is 10.3. The van der Waals surface area contributed by atoms with E-state index in [1.54, 1.807) is 17.8 Å². The van der Waals surface area contributed by atoms with Crippen molar-refractivity contribution in [1.29, 1.82) is 0 Å². The van der Waals surface area contributed by atoms with Crippen LogP contribution in [0.15, 0.2) is 16.5 Å². The molecule has 0 unspecified atom stereocenters. The van der Waals surface area contributed by atoms with Gasteiger partial charge in [0.25, 0.3) is 0 Å². The number of rotatable bonds is 8. The van der Waals surface area contributed by atoms with Gasteiger partial charge >= 0.3 is 5.97 Å². The van der Waals surface area contributed by atoms with Crippen LogP contribution in [0.5, 0.6) is 0 Å². The number of nitrogens with one attached hydrogen (secondary N) is 1. The molecule has 1 aromatic rings. The molecule has 0 amide bonds. The Morgan fingerprint density at radius 1 is 1.44 bits per heavy atom. The summed E-state index contributed by atoms with van der Waals surface area (Å²) in [7, 11) is 0. The molecule has 3 N–H and O–H groups in total. The quantitative estimate of drug-likeness (QED) is 0.602. The van der Waals surface area contributed by atoms with Crippen LogP contribution in [0.2, 0.25) is 0 Å². The number of aromatic carboxylic acids is 1. The van der Waals surface area contributed by atoms with Crippen LogP contribution in [0.25, 0.3) is 0 Å². The first kappa shape index (κ1) is 12.9. The lowest BCUT2D eigenvalue weighted by atomic mass is 10.5. The van der Waals surface area contributed by atoms with Crippen molar-refractivity contribution in [2.75, 3.05) is 30.0 Å². The Kier molecular flexibility index (Phi) is 5.81. The van der Waals surface area contributed by atoms with Crippen molar-refractivity contribution >= 4 is 23.6 Å². The number of hydrogen-bond acceptors (Lipinski definition) is 5. The maximum absolute atomic E-state index is 10.5. The molecule has 0 spiro atoms. The van der Waals surface area contributed by atoms with Crippen molar-refractivity contribution in [2.45, 2.75) is 6.42 Å². The SMILES string of the molecule is O=C(O)c1ccc(NCCSCCCO)o1. The van der Waals surface area contributed by atoms with Crippen molar-refractivity contribution in [3.63, 3.8) is 0 Å². The highest BCUT2D eigenvalue weighted by molar-refractivity contribution is 7.99. The minimum Gasteiger partial charge on any atom is -0.475 e. The summed E-state index contributed by atoms with van der Waals surface area (Å²) in [5, 5.41) is 20.2. The third-order valence-electron chi connectivity index (χ3n) is 1.81. The van der Waals surface area contributed by atoms with Gasteiger partial charge in [-0.1, -0.05) is 0 Å². The standard InChI is InChI=1S/C10H15NO4S/c12-5-1-6-16-7-4-11-9-3-2-8(15-9)10(13)14/h2-3,11-12H,1,4-7H2,(H,13,14). The lowest BCUT2D eigenvalue weighted by molar-refractivity contribution is 0.0663. The molecule has 0 saturated carbocycles. The molecule has 0 aromatic carbocycles. The average molecular weight is 245 g/mol. The maximum atomic E-state index is 10.5. The zero-order valence-electron chi connectivity index (χ0n) is 8.81. The van der Waals surface area contributed by atoms with Gasteiger partial charge < -0.3 is 19.9 Å². The zero-order chi connectivity index (χ0) is 11.8. The van der Waals surface area contributed by atoms with Gasteiger partial charge in [-0.3, -0.25) is 0 Å². The Balaban J connectivity index is 2.14. The molecular formula is C10H15NO4S. The van der Waals surface area contributed by atoms with E-state index in [9.17, 15) is 4.79 Å². The van der Waals surface area contributed by atoms with E-state index in [1.807, 2.05) is 0 Å². The summed E-state index contributed by atoms with van der Waals surface area (Å²) >= 11 is 1.73. The van der Waals surface area contributed by atoms with Crippen molar-refractivity contribution in [3.05, 3.63) is 17.9 Å². The van der Waals surface area contributed by atoms with E-state index in [0.29, 0.717) is 12.4 Å². The molecule has 16 heavy (non-hydrogen) atoms. The van der Waals surface area contributed by atoms with Gasteiger partial charge in [-0.2, -0.15) is 11.8 Å². The fourth-order valence-electron chi connectivity index (χ4n) is 1.06. The van der Waals surface area contributed by atoms with Gasteiger partial charge in [-0.25, -0.2) is 4.79 Å². The second kappa shape index (κ2) is 7.19. The first-order valence-corrected chi connectivity index (χ1v) is 6.15. The predicted octanol–water partition coefficient (Wildman–Crippen LogP) is 1.51. The minimum absolute atomic E-state index is 0.0598. The molecular weight excluding hydrogens is 230 g/mol. The van der Waals surface area contributed by atoms with E-state index in [-0.39, 0.29) is 12.4 Å². The summed E-state index contributed by atoms with van der Waals surface area (Å²) in [5.74, 6) is 1.17. The van der Waals surface area contributed by atoms with E-state index in [2.05, 4.69) is 5.32 Å². The first-order valence-electron chi connectivity index (χ1n) is 4.99. The molecule has 0 aliphatic rings. The van der Waals surface area contributed by atoms with Crippen LogP contribution >= 0.6 is 11.8 Å². The molecule has 0 radical (unpaired) electrons. The molecule has 0 saturated heterocycles. The molecule has 1 rings (SSSR count). The van der Waals surface area contributed by atoms with Crippen molar-refractivity contribution < 1.29 is 19.4 Å². The third kappa shape index (κ3) is 4.59. The summed E-state index contributed by atoms with van der Waals surface area (Å²) in [4.78, 5) is 10.5. The van der Waals surface area contributed by atoms with E-state index in [1.165, 1.54) is 6.07 Å². The number of carboxylic acid groups (broad SMARTS) is 1. The van der Waals surface area contributed by atoms with Crippen molar-refractivity contribution in [3.8, 4) is 0 Å². The second-order valence-electron chi connectivity index (χ2n) is 3.09. The predicted molar refractivity (Wildman–Crippen MR) is 63.2 cm³/mol. The fraction of sp³-hybridized carbons (Fsp3) is 0.500. The molecule has 0 atom stereocenters. The smallest absolute Gasteiger partial charge is 0.371 e. The fourth-order valence-corrected chi connectivity index (χ4v) is 1.85. The first-order chi connectivity index (χ1) is 7.74. The highest BCUT2D eigenvalue weighted by Crippen LogP contribution is 2.13. The average Bonchev–Trinajstić information content (AvgIpc) is 2.72. The van der Waals surface area contributed by atoms with Gasteiger partial charge in [0.15, 0.2) is 5.88 Å². The van der Waals surface area contributed by atoms with Crippen LogP contribution < -0.4 is 5.32 Å². The lowest BCUT2D eigenvalue weighted by Gasteiger charge is -2.02. The number of anilines is 1. The third-order valence-corrected chi connectivity index (χ3v) is 2.88. The van der Waals surface area contributed by atoms with Gasteiger partial charge in [-0.15, -0.1) is 0 Å². The number of carboxylic acids is 1. The van der Waals surface area contributed by atoms with Gasteiger partial charge in [0.1, 0.15) is 0 Å². The van der Waals surface area contributed by atoms with Crippen LogP contribution in [0.1, 0.15) is 17.0 Å². The maximum Gasteiger partial charge on any atom is 0.371 e. The topological polar surface area (TPSA) is 82.7 Å². The number of aliphatic hydroxyl groups excluding tert-OH is 1. The summed E-state index contributed by atoms with van der Waals surface area (Å²) in [5.41, 5.74) is 0. The lowest BCUT2D eigenvalue weighted by Crippen LogP contribution is -2.04. The van der Waals surface area contributed by atoms with Crippen LogP contribution in [-0.4, -0.2) is 40.8 Å². The summed E-state index contributed by atoms with van der Waals surface area (Å²) in [6.45, 7) is 0.934. The van der Waals surface area contributed by atoms with Crippen molar-refractivity contribution in [1.82, 2.24) is 0 Å². The highest BCUT2D eigenvalue weighted by Gasteiger charge is 2.07. The Morgan fingerprint density at radius 3 is 2.88 bits per heavy atom. The number of carbonyl (C=O) groups is 1. The Hall–Kier alpha value is -1.14. The molecule has 1 aromatic heterocycles. The van der Waals surface area contributed by atoms with Gasteiger partial charge in [0.05, 0.1) is 0 Å². The van der Waals surface area contributed by atoms with Crippen LogP contribution in [0.3, 0.4) is 0 Å². The van der Waals surface area contributed by atoms with Crippen LogP contribution in [0, 0.1) is 0 Å². The van der Waals surface area contributed by atoms with Crippen molar-refractivity contribution in [2.24, 2.45) is 0 Å². The molecule has 6 heteroatoms. The van der Waals surface area contributed by atoms with Gasteiger partial charge in [-0.05, 0) is 18.2 Å². The van der Waals surface area contributed by atoms with E-state index < -0.39 is 5.97 Å². The molecule has 0 bridgehead atoms. The molecule has 0 fully saturated rings. The Morgan fingerprint density at radius 2 is 2.25 bits per heavy atom. The van der Waals surface area contributed by atoms with E-state index >= 15 is 0 Å². The van der Waals surface area contributed by atoms with E-state index in [0.717, 1.165) is 17.9 Å². The number of thioether (sulfide) groups is 1. The zero-order valence-corrected chi connectivity index (χ0v) is 9.63. The highest BCUT2D eigenvalue weighted by atomic mass is 32.2. The number of furan rings is 1. The number of aliphatic hydroxyl groups is 1. The Bertz CT molecular complexity index is 326. The molecule has 5 nitrogen and oxygen atoms in total. The Labute approximate surface area is 97.8 Å². The summed E-state index contributed by atoms with van der Waals surface area (Å²) < 4.78 is 5.01. The van der Waals surface area contributed by atoms with Gasteiger partial charge in [0.2, 0.25) is 5.76 Å². The summed E-state index contributed by atoms with van der Waals surface area (Å²) in [6, 6.07) is 3.02. The monoisotopic (exact) mass is 245 g/mol. The molecule has 90 valence electrons.